The first-order valence-electron chi connectivity index (χ1n) is 10.3. The molecule has 0 saturated heterocycles. The van der Waals surface area contributed by atoms with Gasteiger partial charge in [0, 0.05) is 17.8 Å². The highest BCUT2D eigenvalue weighted by Crippen LogP contribution is 2.26. The molecule has 0 aliphatic heterocycles. The molecule has 0 atom stereocenters. The summed E-state index contributed by atoms with van der Waals surface area (Å²) in [7, 11) is -2.50. The lowest BCUT2D eigenvalue weighted by molar-refractivity contribution is 0.340. The molecular formula is C25H22ClNO5S. The smallest absolute Gasteiger partial charge is 0.211 e. The molecule has 0 radical (unpaired) electrons. The second-order valence-corrected chi connectivity index (χ2v) is 9.73. The van der Waals surface area contributed by atoms with Gasteiger partial charge in [0.1, 0.15) is 16.4 Å². The zero-order valence-corrected chi connectivity index (χ0v) is 19.7. The summed E-state index contributed by atoms with van der Waals surface area (Å²) in [5.41, 5.74) is 0.910. The molecule has 33 heavy (non-hydrogen) atoms. The van der Waals surface area contributed by atoms with Crippen LogP contribution in [0.5, 0.6) is 11.5 Å². The fourth-order valence-corrected chi connectivity index (χ4v) is 5.13. The van der Waals surface area contributed by atoms with E-state index < -0.39 is 15.3 Å². The fraction of sp³-hybridized carbons (Fsp3) is 0.160. The van der Waals surface area contributed by atoms with Crippen molar-refractivity contribution in [2.45, 2.75) is 23.3 Å². The van der Waals surface area contributed by atoms with Gasteiger partial charge in [-0.2, -0.15) is 0 Å². The zero-order valence-electron chi connectivity index (χ0n) is 18.1. The minimum atomic E-state index is -4.09. The van der Waals surface area contributed by atoms with Crippen molar-refractivity contribution in [2.24, 2.45) is 0 Å². The number of methoxy groups -OCH3 is 1. The number of nitrogens with zero attached hydrogens (tertiary/aromatic N) is 1. The van der Waals surface area contributed by atoms with Crippen molar-refractivity contribution in [3.05, 3.63) is 93.7 Å². The standard InChI is InChI=1S/C25H22ClNO5S/c1-3-32-20-9-12-23-22(14-20)25(28)24(33(29,30)21-10-7-18(26)8-11-21)16-27(23)15-17-5-4-6-19(13-17)31-2/h4-14,16H,3,15H2,1-2H3. The quantitative estimate of drug-likeness (QED) is 0.372. The topological polar surface area (TPSA) is 74.6 Å². The number of benzene rings is 3. The Morgan fingerprint density at radius 2 is 1.73 bits per heavy atom. The molecule has 1 heterocycles. The summed E-state index contributed by atoms with van der Waals surface area (Å²) in [6, 6.07) is 18.3. The monoisotopic (exact) mass is 483 g/mol. The van der Waals surface area contributed by atoms with E-state index in [2.05, 4.69) is 0 Å². The van der Waals surface area contributed by atoms with Crippen LogP contribution < -0.4 is 14.9 Å². The Labute approximate surface area is 196 Å². The minimum Gasteiger partial charge on any atom is -0.497 e. The number of pyridine rings is 1. The lowest BCUT2D eigenvalue weighted by atomic mass is 10.1. The van der Waals surface area contributed by atoms with E-state index in [1.807, 2.05) is 31.2 Å². The Morgan fingerprint density at radius 1 is 0.970 bits per heavy atom. The molecule has 170 valence electrons. The molecule has 3 aromatic carbocycles. The second-order valence-electron chi connectivity index (χ2n) is 7.37. The molecule has 8 heteroatoms. The average molecular weight is 484 g/mol. The van der Waals surface area contributed by atoms with Crippen LogP contribution in [0.1, 0.15) is 12.5 Å². The van der Waals surface area contributed by atoms with Crippen molar-refractivity contribution in [3.8, 4) is 11.5 Å². The van der Waals surface area contributed by atoms with Gasteiger partial charge in [0.05, 0.1) is 29.5 Å². The van der Waals surface area contributed by atoms with E-state index in [1.54, 1.807) is 29.9 Å². The van der Waals surface area contributed by atoms with Gasteiger partial charge in [0.15, 0.2) is 0 Å². The number of halogens is 1. The number of hydrogen-bond donors (Lipinski definition) is 0. The van der Waals surface area contributed by atoms with Gasteiger partial charge in [-0.15, -0.1) is 0 Å². The summed E-state index contributed by atoms with van der Waals surface area (Å²) < 4.78 is 39.4. The van der Waals surface area contributed by atoms with Gasteiger partial charge in [0.25, 0.3) is 0 Å². The van der Waals surface area contributed by atoms with Crippen LogP contribution in [0.15, 0.2) is 87.5 Å². The van der Waals surface area contributed by atoms with E-state index in [0.717, 1.165) is 5.56 Å². The highest BCUT2D eigenvalue weighted by atomic mass is 35.5. The fourth-order valence-electron chi connectivity index (χ4n) is 3.64. The van der Waals surface area contributed by atoms with E-state index >= 15 is 0 Å². The third-order valence-electron chi connectivity index (χ3n) is 5.23. The molecule has 0 fully saturated rings. The van der Waals surface area contributed by atoms with Gasteiger partial charge in [-0.25, -0.2) is 8.42 Å². The first kappa shape index (κ1) is 22.9. The molecule has 1 aromatic heterocycles. The van der Waals surface area contributed by atoms with Crippen LogP contribution in [0, 0.1) is 0 Å². The SMILES string of the molecule is CCOc1ccc2c(c1)c(=O)c(S(=O)(=O)c1ccc(Cl)cc1)cn2Cc1cccc(OC)c1. The van der Waals surface area contributed by atoms with Crippen molar-refractivity contribution < 1.29 is 17.9 Å². The van der Waals surface area contributed by atoms with E-state index in [1.165, 1.54) is 30.5 Å². The zero-order chi connectivity index (χ0) is 23.6. The van der Waals surface area contributed by atoms with Crippen LogP contribution in [0.2, 0.25) is 5.02 Å². The van der Waals surface area contributed by atoms with Gasteiger partial charge in [-0.1, -0.05) is 23.7 Å². The first-order valence-corrected chi connectivity index (χ1v) is 12.1. The predicted octanol–water partition coefficient (Wildman–Crippen LogP) is 4.94. The molecule has 0 saturated carbocycles. The van der Waals surface area contributed by atoms with Gasteiger partial charge in [-0.3, -0.25) is 4.79 Å². The number of aromatic nitrogens is 1. The number of ether oxygens (including phenoxy) is 2. The molecule has 6 nitrogen and oxygen atoms in total. The largest absolute Gasteiger partial charge is 0.497 e. The molecule has 0 N–H and O–H groups in total. The Hall–Kier alpha value is -3.29. The van der Waals surface area contributed by atoms with E-state index in [9.17, 15) is 13.2 Å². The third kappa shape index (κ3) is 4.60. The van der Waals surface area contributed by atoms with Crippen LogP contribution >= 0.6 is 11.6 Å². The lowest BCUT2D eigenvalue weighted by Gasteiger charge is -2.15. The Kier molecular flexibility index (Phi) is 6.44. The molecule has 0 unspecified atom stereocenters. The molecule has 0 aliphatic carbocycles. The van der Waals surface area contributed by atoms with Crippen LogP contribution in [0.3, 0.4) is 0 Å². The summed E-state index contributed by atoms with van der Waals surface area (Å²) in [6.45, 7) is 2.60. The minimum absolute atomic E-state index is 0.00255. The van der Waals surface area contributed by atoms with Gasteiger partial charge in [0.2, 0.25) is 15.3 Å². The maximum Gasteiger partial charge on any atom is 0.211 e. The van der Waals surface area contributed by atoms with E-state index in [0.29, 0.717) is 35.2 Å². The van der Waals surface area contributed by atoms with Crippen molar-refractivity contribution >= 4 is 32.3 Å². The maximum absolute atomic E-state index is 13.4. The summed E-state index contributed by atoms with van der Waals surface area (Å²) in [5.74, 6) is 1.18. The van der Waals surface area contributed by atoms with Crippen molar-refractivity contribution in [1.82, 2.24) is 4.57 Å². The van der Waals surface area contributed by atoms with Crippen molar-refractivity contribution in [1.29, 1.82) is 0 Å². The van der Waals surface area contributed by atoms with Gasteiger partial charge in [-0.05, 0) is 67.1 Å². The lowest BCUT2D eigenvalue weighted by Crippen LogP contribution is -2.19. The van der Waals surface area contributed by atoms with Crippen LogP contribution in [0.25, 0.3) is 10.9 Å². The van der Waals surface area contributed by atoms with Crippen LogP contribution in [-0.2, 0) is 16.4 Å². The van der Waals surface area contributed by atoms with Crippen LogP contribution in [0.4, 0.5) is 0 Å². The summed E-state index contributed by atoms with van der Waals surface area (Å²) in [4.78, 5) is 13.1. The highest BCUT2D eigenvalue weighted by molar-refractivity contribution is 7.91. The molecule has 0 amide bonds. The molecule has 0 bridgehead atoms. The normalized spacial score (nSPS) is 11.5. The highest BCUT2D eigenvalue weighted by Gasteiger charge is 2.24. The summed E-state index contributed by atoms with van der Waals surface area (Å²) in [5, 5.41) is 0.670. The maximum atomic E-state index is 13.4. The first-order chi connectivity index (χ1) is 15.8. The number of rotatable bonds is 7. The van der Waals surface area contributed by atoms with Gasteiger partial charge < -0.3 is 14.0 Å². The Bertz CT molecular complexity index is 1480. The second kappa shape index (κ2) is 9.29. The van der Waals surface area contributed by atoms with E-state index in [4.69, 9.17) is 21.1 Å². The van der Waals surface area contributed by atoms with E-state index in [-0.39, 0.29) is 15.2 Å². The van der Waals surface area contributed by atoms with Crippen LogP contribution in [-0.4, -0.2) is 26.7 Å². The van der Waals surface area contributed by atoms with Crippen molar-refractivity contribution in [3.63, 3.8) is 0 Å². The number of fused-ring (bicyclic) bond motifs is 1. The summed E-state index contributed by atoms with van der Waals surface area (Å²) in [6.07, 6.45) is 1.40. The third-order valence-corrected chi connectivity index (χ3v) is 7.25. The molecule has 4 aromatic rings. The molecule has 0 aliphatic rings. The Balaban J connectivity index is 1.95. The molecule has 0 spiro atoms. The predicted molar refractivity (Wildman–Crippen MR) is 128 cm³/mol. The number of sulfone groups is 1. The Morgan fingerprint density at radius 3 is 2.42 bits per heavy atom. The number of hydrogen-bond acceptors (Lipinski definition) is 5. The summed E-state index contributed by atoms with van der Waals surface area (Å²) >= 11 is 5.92. The van der Waals surface area contributed by atoms with Gasteiger partial charge >= 0.3 is 0 Å². The average Bonchev–Trinajstić information content (AvgIpc) is 2.81. The molecule has 4 rings (SSSR count). The van der Waals surface area contributed by atoms with Crippen molar-refractivity contribution in [2.75, 3.05) is 13.7 Å². The molecular weight excluding hydrogens is 462 g/mol.